The van der Waals surface area contributed by atoms with Crippen molar-refractivity contribution in [2.24, 2.45) is 5.92 Å². The van der Waals surface area contributed by atoms with Crippen LogP contribution in [0.3, 0.4) is 0 Å². The summed E-state index contributed by atoms with van der Waals surface area (Å²) < 4.78 is 5.98. The number of Topliss-reactive ketones (excluding diaryl/α,β-unsaturated/α-hetero) is 1. The number of ether oxygens (including phenoxy) is 1. The van der Waals surface area contributed by atoms with Gasteiger partial charge in [-0.2, -0.15) is 0 Å². The average Bonchev–Trinajstić information content (AvgIpc) is 2.17. The molecule has 0 spiro atoms. The van der Waals surface area contributed by atoms with Gasteiger partial charge in [-0.25, -0.2) is 0 Å². The molecule has 0 bridgehead atoms. The Morgan fingerprint density at radius 1 is 1.43 bits per heavy atom. The first-order chi connectivity index (χ1) is 6.56. The average molecular weight is 257 g/mol. The van der Waals surface area contributed by atoms with Crippen molar-refractivity contribution in [2.45, 2.75) is 13.8 Å². The normalized spacial score (nSPS) is 10.4. The largest absolute Gasteiger partial charge is 0.496 e. The molecule has 0 radical (unpaired) electrons. The fraction of sp³-hybridized carbons (Fsp3) is 0.364. The second-order valence-electron chi connectivity index (χ2n) is 3.37. The molecular formula is C11H13BrO2. The zero-order chi connectivity index (χ0) is 10.7. The molecule has 0 N–H and O–H groups in total. The summed E-state index contributed by atoms with van der Waals surface area (Å²) in [6.45, 7) is 3.77. The lowest BCUT2D eigenvalue weighted by molar-refractivity contribution is 0.0939. The molecule has 0 saturated carbocycles. The van der Waals surface area contributed by atoms with Crippen LogP contribution in [-0.2, 0) is 0 Å². The van der Waals surface area contributed by atoms with Crippen LogP contribution in [-0.4, -0.2) is 12.9 Å². The van der Waals surface area contributed by atoms with Gasteiger partial charge in [-0.15, -0.1) is 0 Å². The lowest BCUT2D eigenvalue weighted by atomic mass is 10.0. The number of ketones is 1. The molecule has 3 heteroatoms. The van der Waals surface area contributed by atoms with E-state index >= 15 is 0 Å². The van der Waals surface area contributed by atoms with Gasteiger partial charge in [-0.05, 0) is 28.1 Å². The summed E-state index contributed by atoms with van der Waals surface area (Å²) in [6.07, 6.45) is 0. The number of methoxy groups -OCH3 is 1. The van der Waals surface area contributed by atoms with E-state index in [-0.39, 0.29) is 11.7 Å². The molecule has 0 saturated heterocycles. The zero-order valence-electron chi connectivity index (χ0n) is 8.50. The third kappa shape index (κ3) is 2.35. The molecule has 14 heavy (non-hydrogen) atoms. The van der Waals surface area contributed by atoms with Crippen LogP contribution in [0.15, 0.2) is 22.7 Å². The van der Waals surface area contributed by atoms with Crippen molar-refractivity contribution >= 4 is 21.7 Å². The third-order valence-electron chi connectivity index (χ3n) is 1.96. The molecule has 0 atom stereocenters. The molecule has 76 valence electrons. The molecule has 0 aromatic heterocycles. The van der Waals surface area contributed by atoms with Crippen LogP contribution in [0.5, 0.6) is 5.75 Å². The van der Waals surface area contributed by atoms with Gasteiger partial charge in [0, 0.05) is 11.5 Å². The van der Waals surface area contributed by atoms with Crippen molar-refractivity contribution in [1.82, 2.24) is 0 Å². The van der Waals surface area contributed by atoms with E-state index in [0.29, 0.717) is 11.3 Å². The van der Waals surface area contributed by atoms with E-state index in [9.17, 15) is 4.79 Å². The standard InChI is InChI=1S/C11H13BrO2/c1-7(2)11(13)8-4-5-9(12)10(6-8)14-3/h4-7H,1-3H3. The summed E-state index contributed by atoms with van der Waals surface area (Å²) in [5, 5.41) is 0. The Bertz CT molecular complexity index is 345. The molecule has 0 aliphatic heterocycles. The Labute approximate surface area is 92.4 Å². The fourth-order valence-corrected chi connectivity index (χ4v) is 1.55. The minimum atomic E-state index is 0.0147. The first kappa shape index (κ1) is 11.2. The summed E-state index contributed by atoms with van der Waals surface area (Å²) in [4.78, 5) is 11.7. The first-order valence-corrected chi connectivity index (χ1v) is 5.23. The van der Waals surface area contributed by atoms with Crippen molar-refractivity contribution in [2.75, 3.05) is 7.11 Å². The van der Waals surface area contributed by atoms with E-state index in [2.05, 4.69) is 15.9 Å². The van der Waals surface area contributed by atoms with E-state index < -0.39 is 0 Å². The second-order valence-corrected chi connectivity index (χ2v) is 4.22. The monoisotopic (exact) mass is 256 g/mol. The molecule has 2 nitrogen and oxygen atoms in total. The molecule has 0 fully saturated rings. The Kier molecular flexibility index (Phi) is 3.69. The Hall–Kier alpha value is -0.830. The maximum absolute atomic E-state index is 11.7. The lowest BCUT2D eigenvalue weighted by Crippen LogP contribution is -2.07. The molecule has 0 aliphatic carbocycles. The quantitative estimate of drug-likeness (QED) is 0.776. The third-order valence-corrected chi connectivity index (χ3v) is 2.62. The maximum Gasteiger partial charge on any atom is 0.165 e. The van der Waals surface area contributed by atoms with Gasteiger partial charge in [0.2, 0.25) is 0 Å². The maximum atomic E-state index is 11.7. The van der Waals surface area contributed by atoms with Crippen LogP contribution in [0, 0.1) is 5.92 Å². The molecule has 0 heterocycles. The molecule has 1 aromatic carbocycles. The minimum absolute atomic E-state index is 0.0147. The van der Waals surface area contributed by atoms with Gasteiger partial charge in [0.05, 0.1) is 11.6 Å². The fourth-order valence-electron chi connectivity index (χ4n) is 1.15. The van der Waals surface area contributed by atoms with E-state index in [4.69, 9.17) is 4.74 Å². The summed E-state index contributed by atoms with van der Waals surface area (Å²) in [5.41, 5.74) is 0.694. The Morgan fingerprint density at radius 2 is 2.07 bits per heavy atom. The molecule has 0 aliphatic rings. The van der Waals surface area contributed by atoms with Crippen LogP contribution in [0.4, 0.5) is 0 Å². The molecule has 0 unspecified atom stereocenters. The van der Waals surface area contributed by atoms with Crippen LogP contribution in [0.1, 0.15) is 24.2 Å². The SMILES string of the molecule is COc1cc(C(=O)C(C)C)ccc1Br. The first-order valence-electron chi connectivity index (χ1n) is 4.44. The van der Waals surface area contributed by atoms with Crippen molar-refractivity contribution in [3.8, 4) is 5.75 Å². The van der Waals surface area contributed by atoms with Gasteiger partial charge in [-0.1, -0.05) is 19.9 Å². The van der Waals surface area contributed by atoms with E-state index in [1.165, 1.54) is 0 Å². The highest BCUT2D eigenvalue weighted by Gasteiger charge is 2.12. The highest BCUT2D eigenvalue weighted by atomic mass is 79.9. The summed E-state index contributed by atoms with van der Waals surface area (Å²) in [5.74, 6) is 0.841. The second kappa shape index (κ2) is 4.60. The lowest BCUT2D eigenvalue weighted by Gasteiger charge is -2.07. The topological polar surface area (TPSA) is 26.3 Å². The highest BCUT2D eigenvalue weighted by Crippen LogP contribution is 2.26. The number of rotatable bonds is 3. The van der Waals surface area contributed by atoms with Crippen LogP contribution < -0.4 is 4.74 Å². The van der Waals surface area contributed by atoms with Crippen LogP contribution in [0.2, 0.25) is 0 Å². The predicted molar refractivity (Wildman–Crippen MR) is 59.9 cm³/mol. The van der Waals surface area contributed by atoms with Crippen molar-refractivity contribution in [3.05, 3.63) is 28.2 Å². The molecule has 0 amide bonds. The number of carbonyl (C=O) groups is 1. The molecule has 1 rings (SSSR count). The van der Waals surface area contributed by atoms with Crippen LogP contribution >= 0.6 is 15.9 Å². The number of benzene rings is 1. The predicted octanol–water partition coefficient (Wildman–Crippen LogP) is 3.30. The zero-order valence-corrected chi connectivity index (χ0v) is 10.1. The number of hydrogen-bond acceptors (Lipinski definition) is 2. The van der Waals surface area contributed by atoms with Gasteiger partial charge in [0.25, 0.3) is 0 Å². The van der Waals surface area contributed by atoms with Gasteiger partial charge in [-0.3, -0.25) is 4.79 Å². The van der Waals surface area contributed by atoms with Crippen LogP contribution in [0.25, 0.3) is 0 Å². The van der Waals surface area contributed by atoms with Gasteiger partial charge >= 0.3 is 0 Å². The number of halogens is 1. The Balaban J connectivity index is 3.06. The van der Waals surface area contributed by atoms with Gasteiger partial charge in [0.1, 0.15) is 5.75 Å². The van der Waals surface area contributed by atoms with Crippen molar-refractivity contribution in [1.29, 1.82) is 0 Å². The highest BCUT2D eigenvalue weighted by molar-refractivity contribution is 9.10. The summed E-state index contributed by atoms with van der Waals surface area (Å²) in [6, 6.07) is 5.38. The van der Waals surface area contributed by atoms with Crippen molar-refractivity contribution in [3.63, 3.8) is 0 Å². The Morgan fingerprint density at radius 3 is 2.57 bits per heavy atom. The van der Waals surface area contributed by atoms with E-state index in [0.717, 1.165) is 4.47 Å². The number of carbonyl (C=O) groups excluding carboxylic acids is 1. The smallest absolute Gasteiger partial charge is 0.165 e. The number of hydrogen-bond donors (Lipinski definition) is 0. The summed E-state index contributed by atoms with van der Waals surface area (Å²) >= 11 is 3.34. The van der Waals surface area contributed by atoms with Gasteiger partial charge < -0.3 is 4.74 Å². The van der Waals surface area contributed by atoms with Gasteiger partial charge in [0.15, 0.2) is 5.78 Å². The molecular weight excluding hydrogens is 244 g/mol. The minimum Gasteiger partial charge on any atom is -0.496 e. The van der Waals surface area contributed by atoms with E-state index in [1.807, 2.05) is 19.9 Å². The van der Waals surface area contributed by atoms with Crippen molar-refractivity contribution < 1.29 is 9.53 Å². The molecule has 1 aromatic rings. The summed E-state index contributed by atoms with van der Waals surface area (Å²) in [7, 11) is 1.59. The van der Waals surface area contributed by atoms with E-state index in [1.54, 1.807) is 19.2 Å².